The van der Waals surface area contributed by atoms with Gasteiger partial charge in [-0.3, -0.25) is 0 Å². The van der Waals surface area contributed by atoms with Gasteiger partial charge in [-0.05, 0) is 0 Å². The Hall–Kier alpha value is -1.09. The topological polar surface area (TPSA) is 12.9 Å². The van der Waals surface area contributed by atoms with E-state index in [0.717, 1.165) is 4.40 Å². The summed E-state index contributed by atoms with van der Waals surface area (Å²) < 4.78 is 57.5. The van der Waals surface area contributed by atoms with E-state index in [9.17, 15) is 0 Å². The molecule has 1 heterocycles. The second-order valence-corrected chi connectivity index (χ2v) is 18.2. The van der Waals surface area contributed by atoms with Crippen LogP contribution < -0.4 is 4.40 Å². The molecule has 2 rings (SSSR count). The van der Waals surface area contributed by atoms with Gasteiger partial charge >= 0.3 is 148 Å². The van der Waals surface area contributed by atoms with Crippen LogP contribution in [0, 0.1) is 12.3 Å². The Kier molecular flexibility index (Phi) is 2.79. The third-order valence-electron chi connectivity index (χ3n) is 3.26. The number of hydrogen-bond acceptors (Lipinski definition) is 1. The fourth-order valence-electron chi connectivity index (χ4n) is 2.25. The van der Waals surface area contributed by atoms with Gasteiger partial charge in [0.05, 0.1) is 0 Å². The van der Waals surface area contributed by atoms with Crippen LogP contribution in [0.2, 0.25) is 17.3 Å². The zero-order valence-electron chi connectivity index (χ0n) is 21.3. The van der Waals surface area contributed by atoms with Crippen molar-refractivity contribution in [3.63, 3.8) is 0 Å². The zero-order valence-corrected chi connectivity index (χ0v) is 16.4. The van der Waals surface area contributed by atoms with Crippen LogP contribution in [0.5, 0.6) is 0 Å². The Labute approximate surface area is 148 Å². The molecule has 2 heteroatoms. The molecule has 0 atom stereocenters. The Balaban J connectivity index is 2.76. The second kappa shape index (κ2) is 6.19. The maximum absolute atomic E-state index is 8.82. The molecule has 0 saturated heterocycles. The summed E-state index contributed by atoms with van der Waals surface area (Å²) in [6.07, 6.45) is 0.129. The van der Waals surface area contributed by atoms with Crippen molar-refractivity contribution in [2.75, 3.05) is 0 Å². The van der Waals surface area contributed by atoms with Crippen molar-refractivity contribution in [1.29, 1.82) is 0 Å². The number of benzene rings is 1. The standard InChI is InChI=1S/C20H29GeN/c1-15-8-10-16(11-9-15)19-12-17(13-20(2,3)4)18(14-22-19)21(5,6)7/h8-12,14H,13H2,1-7H3/i1D3,8D,9D,13D2. The van der Waals surface area contributed by atoms with E-state index in [4.69, 9.17) is 9.60 Å². The van der Waals surface area contributed by atoms with Crippen LogP contribution in [-0.4, -0.2) is 18.3 Å². The first-order valence-corrected chi connectivity index (χ1v) is 14.8. The Morgan fingerprint density at radius 3 is 2.36 bits per heavy atom. The molecule has 0 saturated carbocycles. The van der Waals surface area contributed by atoms with Crippen molar-refractivity contribution >= 4 is 17.7 Å². The fourth-order valence-corrected chi connectivity index (χ4v) is 5.18. The summed E-state index contributed by atoms with van der Waals surface area (Å²) in [6.45, 7) is 3.06. The van der Waals surface area contributed by atoms with Crippen molar-refractivity contribution in [2.45, 2.75) is 51.3 Å². The first-order chi connectivity index (χ1) is 12.9. The Bertz CT molecular complexity index is 899. The van der Waals surface area contributed by atoms with E-state index in [2.05, 4.69) is 22.3 Å². The van der Waals surface area contributed by atoms with Crippen LogP contribution in [0.25, 0.3) is 11.3 Å². The van der Waals surface area contributed by atoms with Crippen LogP contribution in [0.4, 0.5) is 0 Å². The molecule has 22 heavy (non-hydrogen) atoms. The number of pyridine rings is 1. The van der Waals surface area contributed by atoms with E-state index < -0.39 is 31.9 Å². The molecule has 1 nitrogen and oxygen atoms in total. The molecule has 118 valence electrons. The molecule has 0 aliphatic carbocycles. The van der Waals surface area contributed by atoms with E-state index in [1.54, 1.807) is 12.3 Å². The van der Waals surface area contributed by atoms with Gasteiger partial charge in [-0.25, -0.2) is 0 Å². The average molecular weight is 363 g/mol. The summed E-state index contributed by atoms with van der Waals surface area (Å²) in [5, 5.41) is 0. The summed E-state index contributed by atoms with van der Waals surface area (Å²) >= 11 is -2.45. The quantitative estimate of drug-likeness (QED) is 0.684. The third kappa shape index (κ3) is 4.45. The summed E-state index contributed by atoms with van der Waals surface area (Å²) in [5.74, 6) is 6.57. The second-order valence-electron chi connectivity index (χ2n) is 7.65. The first kappa shape index (κ1) is 9.92. The Morgan fingerprint density at radius 1 is 1.23 bits per heavy atom. The molecule has 0 amide bonds. The fraction of sp³-hybridized carbons (Fsp3) is 0.450. The summed E-state index contributed by atoms with van der Waals surface area (Å²) in [7, 11) is 0. The number of rotatable bonds is 3. The molecule has 2 aromatic rings. The van der Waals surface area contributed by atoms with Gasteiger partial charge in [0, 0.05) is 0 Å². The number of hydrogen-bond donors (Lipinski definition) is 0. The minimum atomic E-state index is -2.53. The molecule has 0 N–H and O–H groups in total. The molecular formula is C20H29GeN. The SMILES string of the molecule is [2H]c1cc(-c2cc(C([2H])([2H])C(C)(C)C)[c]([Ge]([CH3])([CH3])[CH3])cn2)cc([2H])c1C([2H])([2H])[2H]. The van der Waals surface area contributed by atoms with Crippen LogP contribution in [0.3, 0.4) is 0 Å². The molecular weight excluding hydrogens is 327 g/mol. The predicted molar refractivity (Wildman–Crippen MR) is 101 cm³/mol. The molecule has 0 unspecified atom stereocenters. The van der Waals surface area contributed by atoms with Gasteiger partial charge in [-0.2, -0.15) is 0 Å². The number of nitrogens with zero attached hydrogens (tertiary/aromatic N) is 1. The predicted octanol–water partition coefficient (Wildman–Crippen LogP) is 5.19. The summed E-state index contributed by atoms with van der Waals surface area (Å²) in [6, 6.07) is 4.06. The summed E-state index contributed by atoms with van der Waals surface area (Å²) in [4.78, 5) is 4.52. The van der Waals surface area contributed by atoms with Crippen molar-refractivity contribution in [2.24, 2.45) is 5.41 Å². The molecule has 0 radical (unpaired) electrons. The van der Waals surface area contributed by atoms with Gasteiger partial charge in [0.1, 0.15) is 0 Å². The normalized spacial score (nSPS) is 18.4. The van der Waals surface area contributed by atoms with Crippen molar-refractivity contribution in [1.82, 2.24) is 4.98 Å². The van der Waals surface area contributed by atoms with Crippen LogP contribution in [0.1, 0.15) is 41.5 Å². The third-order valence-corrected chi connectivity index (χ3v) is 7.49. The maximum atomic E-state index is 8.82. The first-order valence-electron chi connectivity index (χ1n) is 11.0. The van der Waals surface area contributed by atoms with E-state index in [0.29, 0.717) is 16.8 Å². The van der Waals surface area contributed by atoms with Crippen LogP contribution in [-0.2, 0) is 6.37 Å². The van der Waals surface area contributed by atoms with Crippen LogP contribution in [0.15, 0.2) is 36.5 Å². The van der Waals surface area contributed by atoms with Gasteiger partial charge in [0.2, 0.25) is 0 Å². The molecule has 0 aliphatic heterocycles. The van der Waals surface area contributed by atoms with Gasteiger partial charge in [0.25, 0.3) is 0 Å². The van der Waals surface area contributed by atoms with E-state index >= 15 is 0 Å². The van der Waals surface area contributed by atoms with Crippen LogP contribution >= 0.6 is 0 Å². The zero-order chi connectivity index (χ0) is 22.6. The van der Waals surface area contributed by atoms with Gasteiger partial charge in [0.15, 0.2) is 0 Å². The van der Waals surface area contributed by atoms with Crippen molar-refractivity contribution in [3.8, 4) is 11.3 Å². The molecule has 1 aromatic carbocycles. The number of aromatic nitrogens is 1. The van der Waals surface area contributed by atoms with Crippen molar-refractivity contribution < 1.29 is 9.60 Å². The minimum absolute atomic E-state index is 0.229. The van der Waals surface area contributed by atoms with E-state index in [1.165, 1.54) is 12.1 Å². The van der Waals surface area contributed by atoms with Crippen molar-refractivity contribution in [3.05, 3.63) is 47.6 Å². The molecule has 0 bridgehead atoms. The van der Waals surface area contributed by atoms with E-state index in [1.807, 2.05) is 20.8 Å². The van der Waals surface area contributed by atoms with Gasteiger partial charge in [-0.1, -0.05) is 0 Å². The average Bonchev–Trinajstić information content (AvgIpc) is 2.50. The van der Waals surface area contributed by atoms with Gasteiger partial charge in [-0.15, -0.1) is 0 Å². The molecule has 0 aliphatic rings. The van der Waals surface area contributed by atoms with E-state index in [-0.39, 0.29) is 17.6 Å². The molecule has 0 fully saturated rings. The monoisotopic (exact) mass is 364 g/mol. The molecule has 1 aromatic heterocycles. The molecule has 0 spiro atoms. The Morgan fingerprint density at radius 2 is 1.86 bits per heavy atom. The van der Waals surface area contributed by atoms with Gasteiger partial charge < -0.3 is 0 Å². The summed E-state index contributed by atoms with van der Waals surface area (Å²) in [5.41, 5.74) is 0.572.